The second-order valence-electron chi connectivity index (χ2n) is 4.07. The highest BCUT2D eigenvalue weighted by atomic mass is 19.1. The van der Waals surface area contributed by atoms with Crippen molar-refractivity contribution in [3.8, 4) is 22.8 Å². The van der Waals surface area contributed by atoms with Gasteiger partial charge in [-0.1, -0.05) is 5.16 Å². The molecule has 0 bridgehead atoms. The third kappa shape index (κ3) is 2.05. The van der Waals surface area contributed by atoms with E-state index in [0.717, 1.165) is 0 Å². The maximum atomic E-state index is 13.7. The summed E-state index contributed by atoms with van der Waals surface area (Å²) in [6, 6.07) is 4.19. The van der Waals surface area contributed by atoms with Crippen LogP contribution in [-0.2, 0) is 7.05 Å². The highest BCUT2D eigenvalue weighted by Gasteiger charge is 2.15. The molecule has 96 valence electrons. The monoisotopic (exact) mass is 259 g/mol. The molecule has 2 aromatic heterocycles. The summed E-state index contributed by atoms with van der Waals surface area (Å²) in [6.45, 7) is 0. The summed E-state index contributed by atoms with van der Waals surface area (Å²) in [7, 11) is 1.78. The Hall–Kier alpha value is -2.70. The summed E-state index contributed by atoms with van der Waals surface area (Å²) in [6.07, 6.45) is 3.34. The molecule has 0 saturated heterocycles. The molecular weight excluding hydrogens is 249 g/mol. The van der Waals surface area contributed by atoms with Gasteiger partial charge in [-0.25, -0.2) is 4.39 Å². The summed E-state index contributed by atoms with van der Waals surface area (Å²) in [4.78, 5) is 4.14. The maximum Gasteiger partial charge on any atom is 0.261 e. The van der Waals surface area contributed by atoms with Crippen LogP contribution in [0.1, 0.15) is 0 Å². The fourth-order valence-corrected chi connectivity index (χ4v) is 1.69. The molecule has 0 aliphatic heterocycles. The predicted molar refractivity (Wildman–Crippen MR) is 66.3 cm³/mol. The van der Waals surface area contributed by atoms with Crippen LogP contribution in [0.2, 0.25) is 0 Å². The number of hydrogen-bond donors (Lipinski definition) is 1. The summed E-state index contributed by atoms with van der Waals surface area (Å²) < 4.78 is 20.3. The summed E-state index contributed by atoms with van der Waals surface area (Å²) in [5.41, 5.74) is 6.92. The number of hydrogen-bond acceptors (Lipinski definition) is 5. The highest BCUT2D eigenvalue weighted by Crippen LogP contribution is 2.25. The van der Waals surface area contributed by atoms with Crippen molar-refractivity contribution in [1.82, 2.24) is 19.9 Å². The first-order valence-corrected chi connectivity index (χ1v) is 5.51. The predicted octanol–water partition coefficient (Wildman–Crippen LogP) is 1.86. The zero-order valence-corrected chi connectivity index (χ0v) is 10.0. The Labute approximate surface area is 107 Å². The average Bonchev–Trinajstić information content (AvgIpc) is 3.00. The van der Waals surface area contributed by atoms with Crippen molar-refractivity contribution in [3.63, 3.8) is 0 Å². The second kappa shape index (κ2) is 4.20. The molecule has 2 heterocycles. The topological polar surface area (TPSA) is 82.8 Å². The van der Waals surface area contributed by atoms with E-state index in [4.69, 9.17) is 10.3 Å². The Kier molecular flexibility index (Phi) is 2.52. The van der Waals surface area contributed by atoms with Crippen molar-refractivity contribution in [2.75, 3.05) is 5.73 Å². The molecule has 6 nitrogen and oxygen atoms in total. The number of anilines is 1. The average molecular weight is 259 g/mol. The lowest BCUT2D eigenvalue weighted by Gasteiger charge is -1.98. The van der Waals surface area contributed by atoms with Crippen LogP contribution < -0.4 is 5.73 Å². The lowest BCUT2D eigenvalue weighted by atomic mass is 10.2. The third-order valence-corrected chi connectivity index (χ3v) is 2.61. The van der Waals surface area contributed by atoms with Crippen LogP contribution in [0, 0.1) is 5.82 Å². The molecule has 0 atom stereocenters. The Balaban J connectivity index is 2.03. The minimum absolute atomic E-state index is 0.0867. The first-order chi connectivity index (χ1) is 9.13. The molecule has 7 heteroatoms. The van der Waals surface area contributed by atoms with Gasteiger partial charge in [0.05, 0.1) is 17.3 Å². The lowest BCUT2D eigenvalue weighted by Crippen LogP contribution is -1.89. The number of nitrogens with two attached hydrogens (primary N) is 1. The number of aromatic nitrogens is 4. The van der Waals surface area contributed by atoms with Crippen LogP contribution in [0.5, 0.6) is 0 Å². The van der Waals surface area contributed by atoms with E-state index in [2.05, 4.69) is 15.2 Å². The van der Waals surface area contributed by atoms with Crippen LogP contribution >= 0.6 is 0 Å². The van der Waals surface area contributed by atoms with Gasteiger partial charge in [0.2, 0.25) is 5.82 Å². The van der Waals surface area contributed by atoms with Gasteiger partial charge in [-0.05, 0) is 18.2 Å². The molecule has 3 aromatic rings. The molecule has 19 heavy (non-hydrogen) atoms. The minimum Gasteiger partial charge on any atom is -0.399 e. The number of benzene rings is 1. The normalized spacial score (nSPS) is 10.8. The van der Waals surface area contributed by atoms with E-state index in [1.54, 1.807) is 24.1 Å². The van der Waals surface area contributed by atoms with Gasteiger partial charge in [0.1, 0.15) is 5.82 Å². The molecule has 2 N–H and O–H groups in total. The number of aryl methyl sites for hydroxylation is 1. The Morgan fingerprint density at radius 1 is 1.37 bits per heavy atom. The van der Waals surface area contributed by atoms with Gasteiger partial charge < -0.3 is 10.3 Å². The molecular formula is C12H10FN5O. The fraction of sp³-hybridized carbons (Fsp3) is 0.0833. The van der Waals surface area contributed by atoms with E-state index in [9.17, 15) is 4.39 Å². The molecule has 0 aliphatic carbocycles. The van der Waals surface area contributed by atoms with Gasteiger partial charge in [-0.3, -0.25) is 4.68 Å². The minimum atomic E-state index is -0.462. The lowest BCUT2D eigenvalue weighted by molar-refractivity contribution is 0.429. The van der Waals surface area contributed by atoms with Gasteiger partial charge >= 0.3 is 0 Å². The van der Waals surface area contributed by atoms with E-state index >= 15 is 0 Å². The van der Waals surface area contributed by atoms with Crippen LogP contribution in [0.4, 0.5) is 10.1 Å². The molecule has 0 saturated carbocycles. The van der Waals surface area contributed by atoms with Crippen molar-refractivity contribution in [1.29, 1.82) is 0 Å². The third-order valence-electron chi connectivity index (χ3n) is 2.61. The highest BCUT2D eigenvalue weighted by molar-refractivity contribution is 5.63. The van der Waals surface area contributed by atoms with Crippen molar-refractivity contribution in [2.24, 2.45) is 7.05 Å². The van der Waals surface area contributed by atoms with Gasteiger partial charge in [0, 0.05) is 18.9 Å². The van der Waals surface area contributed by atoms with Gasteiger partial charge in [-0.2, -0.15) is 10.1 Å². The fourth-order valence-electron chi connectivity index (χ4n) is 1.69. The van der Waals surface area contributed by atoms with Crippen molar-refractivity contribution in [2.45, 2.75) is 0 Å². The first kappa shape index (κ1) is 11.4. The Morgan fingerprint density at radius 2 is 2.21 bits per heavy atom. The molecule has 0 aliphatic rings. The van der Waals surface area contributed by atoms with Crippen molar-refractivity contribution in [3.05, 3.63) is 36.4 Å². The van der Waals surface area contributed by atoms with Crippen LogP contribution in [0.25, 0.3) is 22.8 Å². The maximum absolute atomic E-state index is 13.7. The number of halogens is 1. The van der Waals surface area contributed by atoms with E-state index in [1.807, 2.05) is 0 Å². The number of nitrogen functional groups attached to an aromatic ring is 1. The van der Waals surface area contributed by atoms with Crippen molar-refractivity contribution < 1.29 is 8.91 Å². The smallest absolute Gasteiger partial charge is 0.261 e. The van der Waals surface area contributed by atoms with Gasteiger partial charge in [-0.15, -0.1) is 0 Å². The van der Waals surface area contributed by atoms with E-state index < -0.39 is 5.82 Å². The zero-order valence-electron chi connectivity index (χ0n) is 10.0. The quantitative estimate of drug-likeness (QED) is 0.710. The van der Waals surface area contributed by atoms with Crippen LogP contribution in [0.3, 0.4) is 0 Å². The molecule has 3 rings (SSSR count). The van der Waals surface area contributed by atoms with Crippen LogP contribution in [-0.4, -0.2) is 19.9 Å². The van der Waals surface area contributed by atoms with E-state index in [0.29, 0.717) is 17.1 Å². The van der Waals surface area contributed by atoms with E-state index in [1.165, 1.54) is 18.2 Å². The molecule has 0 spiro atoms. The van der Waals surface area contributed by atoms with Crippen LogP contribution in [0.15, 0.2) is 35.1 Å². The van der Waals surface area contributed by atoms with Gasteiger partial charge in [0.25, 0.3) is 5.89 Å². The summed E-state index contributed by atoms with van der Waals surface area (Å²) in [5, 5.41) is 7.81. The largest absolute Gasteiger partial charge is 0.399 e. The zero-order chi connectivity index (χ0) is 13.4. The molecule has 1 aromatic carbocycles. The summed E-state index contributed by atoms with van der Waals surface area (Å²) >= 11 is 0. The molecule has 0 amide bonds. The Bertz CT molecular complexity index is 733. The SMILES string of the molecule is Cn1cc(-c2noc(-c3cc(N)ccc3F)n2)cn1. The number of nitrogens with zero attached hydrogens (tertiary/aromatic N) is 4. The van der Waals surface area contributed by atoms with Crippen molar-refractivity contribution >= 4 is 5.69 Å². The molecule has 0 fully saturated rings. The molecule has 0 radical (unpaired) electrons. The standard InChI is InChI=1S/C12H10FN5O/c1-18-6-7(5-15-18)11-16-12(19-17-11)9-4-8(14)2-3-10(9)13/h2-6H,14H2,1H3. The first-order valence-electron chi connectivity index (χ1n) is 5.51. The summed E-state index contributed by atoms with van der Waals surface area (Å²) in [5.74, 6) is -0.0239. The van der Waals surface area contributed by atoms with Gasteiger partial charge in [0.15, 0.2) is 0 Å². The number of rotatable bonds is 2. The Morgan fingerprint density at radius 3 is 2.95 bits per heavy atom. The molecule has 0 unspecified atom stereocenters. The van der Waals surface area contributed by atoms with E-state index in [-0.39, 0.29) is 11.5 Å². The second-order valence-corrected chi connectivity index (χ2v) is 4.07.